The van der Waals surface area contributed by atoms with Gasteiger partial charge in [0, 0.05) is 5.88 Å². The summed E-state index contributed by atoms with van der Waals surface area (Å²) in [7, 11) is 2.36. The molecule has 0 N–H and O–H groups in total. The number of carbonyl (C=O) groups is 3. The molecule has 0 aliphatic carbocycles. The van der Waals surface area contributed by atoms with Crippen molar-refractivity contribution in [2.45, 2.75) is 18.5 Å². The van der Waals surface area contributed by atoms with Crippen molar-refractivity contribution in [1.82, 2.24) is 4.90 Å². The summed E-state index contributed by atoms with van der Waals surface area (Å²) in [5, 5.41) is 0.443. The summed E-state index contributed by atoms with van der Waals surface area (Å²) >= 11 is 18.5. The topological polar surface area (TPSA) is 82.1 Å². The van der Waals surface area contributed by atoms with E-state index < -0.39 is 24.1 Å². The van der Waals surface area contributed by atoms with Crippen LogP contribution in [0.15, 0.2) is 53.6 Å². The van der Waals surface area contributed by atoms with Gasteiger partial charge in [0.15, 0.2) is 0 Å². The van der Waals surface area contributed by atoms with Crippen molar-refractivity contribution < 1.29 is 28.6 Å². The molecule has 0 bridgehead atoms. The van der Waals surface area contributed by atoms with E-state index in [9.17, 15) is 14.4 Å². The largest absolute Gasteiger partial charge is 0.466 e. The van der Waals surface area contributed by atoms with Crippen molar-refractivity contribution in [2.24, 2.45) is 0 Å². The minimum atomic E-state index is -1.06. The second kappa shape index (κ2) is 10.9. The average molecular weight is 513 g/mol. The monoisotopic (exact) mass is 511 g/mol. The van der Waals surface area contributed by atoms with Gasteiger partial charge in [0.2, 0.25) is 0 Å². The second-order valence-electron chi connectivity index (χ2n) is 7.04. The highest BCUT2D eigenvalue weighted by Gasteiger charge is 2.45. The first kappa shape index (κ1) is 24.9. The van der Waals surface area contributed by atoms with Crippen LogP contribution in [0.1, 0.15) is 22.7 Å². The fraction of sp³-hybridized carbons (Fsp3) is 0.261. The van der Waals surface area contributed by atoms with E-state index >= 15 is 0 Å². The minimum absolute atomic E-state index is 0.00620. The molecule has 1 unspecified atom stereocenters. The van der Waals surface area contributed by atoms with E-state index in [0.29, 0.717) is 11.1 Å². The fourth-order valence-corrected chi connectivity index (χ4v) is 4.17. The van der Waals surface area contributed by atoms with Gasteiger partial charge in [-0.15, -0.1) is 11.6 Å². The molecule has 7 nitrogen and oxygen atoms in total. The van der Waals surface area contributed by atoms with Gasteiger partial charge in [-0.25, -0.2) is 14.4 Å². The SMILES string of the molecule is COC(=O)C1=C(C(=O)OC)C(c2cc(Cl)c(Cl)cc2CCl)N(C(=O)OCc2ccccc2)C1. The van der Waals surface area contributed by atoms with Crippen LogP contribution in [-0.4, -0.2) is 43.7 Å². The quantitative estimate of drug-likeness (QED) is 0.305. The van der Waals surface area contributed by atoms with Gasteiger partial charge >= 0.3 is 18.0 Å². The summed E-state index contributed by atoms with van der Waals surface area (Å²) in [4.78, 5) is 39.7. The normalized spacial score (nSPS) is 15.4. The van der Waals surface area contributed by atoms with Crippen molar-refractivity contribution in [3.05, 3.63) is 80.3 Å². The molecule has 33 heavy (non-hydrogen) atoms. The van der Waals surface area contributed by atoms with Gasteiger partial charge in [0.1, 0.15) is 6.61 Å². The summed E-state index contributed by atoms with van der Waals surface area (Å²) in [6.45, 7) is -0.245. The lowest BCUT2D eigenvalue weighted by Gasteiger charge is -2.28. The Bertz CT molecular complexity index is 1100. The molecule has 1 atom stereocenters. The zero-order valence-electron chi connectivity index (χ0n) is 17.8. The molecule has 0 fully saturated rings. The lowest BCUT2D eigenvalue weighted by atomic mass is 9.94. The van der Waals surface area contributed by atoms with Gasteiger partial charge in [-0.3, -0.25) is 4.90 Å². The van der Waals surface area contributed by atoms with Crippen LogP contribution >= 0.6 is 34.8 Å². The number of alkyl halides is 1. The number of ether oxygens (including phenoxy) is 3. The molecule has 1 aliphatic heterocycles. The molecule has 1 aliphatic rings. The number of hydrogen-bond acceptors (Lipinski definition) is 6. The van der Waals surface area contributed by atoms with Crippen LogP contribution < -0.4 is 0 Å². The molecule has 10 heteroatoms. The van der Waals surface area contributed by atoms with E-state index in [-0.39, 0.29) is 40.2 Å². The van der Waals surface area contributed by atoms with Crippen LogP contribution in [0, 0.1) is 0 Å². The first-order valence-corrected chi connectivity index (χ1v) is 11.0. The van der Waals surface area contributed by atoms with Crippen LogP contribution in [0.4, 0.5) is 4.79 Å². The third-order valence-corrected chi connectivity index (χ3v) is 6.15. The number of rotatable bonds is 6. The smallest absolute Gasteiger partial charge is 0.411 e. The second-order valence-corrected chi connectivity index (χ2v) is 8.13. The zero-order valence-corrected chi connectivity index (χ0v) is 20.0. The van der Waals surface area contributed by atoms with Crippen molar-refractivity contribution in [1.29, 1.82) is 0 Å². The van der Waals surface area contributed by atoms with Crippen molar-refractivity contribution in [3.63, 3.8) is 0 Å². The van der Waals surface area contributed by atoms with Gasteiger partial charge in [-0.1, -0.05) is 53.5 Å². The van der Waals surface area contributed by atoms with Crippen LogP contribution in [0.25, 0.3) is 0 Å². The molecular formula is C23H20Cl3NO6. The highest BCUT2D eigenvalue weighted by Crippen LogP contribution is 2.42. The molecule has 0 radical (unpaired) electrons. The predicted molar refractivity (Wildman–Crippen MR) is 123 cm³/mol. The predicted octanol–water partition coefficient (Wildman–Crippen LogP) is 5.07. The van der Waals surface area contributed by atoms with E-state index in [1.807, 2.05) is 18.2 Å². The maximum Gasteiger partial charge on any atom is 0.411 e. The zero-order chi connectivity index (χ0) is 24.1. The minimum Gasteiger partial charge on any atom is -0.466 e. The Morgan fingerprint density at radius 2 is 1.64 bits per heavy atom. The number of nitrogens with zero attached hydrogens (tertiary/aromatic N) is 1. The van der Waals surface area contributed by atoms with E-state index in [1.165, 1.54) is 25.2 Å². The first-order chi connectivity index (χ1) is 15.8. The number of halogens is 3. The molecule has 0 spiro atoms. The Morgan fingerprint density at radius 3 is 2.24 bits per heavy atom. The van der Waals surface area contributed by atoms with E-state index in [1.54, 1.807) is 18.2 Å². The van der Waals surface area contributed by atoms with Crippen LogP contribution in [0.3, 0.4) is 0 Å². The number of benzene rings is 2. The lowest BCUT2D eigenvalue weighted by molar-refractivity contribution is -0.139. The Balaban J connectivity index is 2.09. The lowest BCUT2D eigenvalue weighted by Crippen LogP contribution is -2.34. The Morgan fingerprint density at radius 1 is 1.00 bits per heavy atom. The summed E-state index contributed by atoms with van der Waals surface area (Å²) in [6.07, 6.45) is -0.754. The molecule has 1 heterocycles. The standard InChI is InChI=1S/C23H20Cl3NO6/c1-31-21(28)16-11-27(23(30)33-12-13-6-4-3-5-7-13)20(19(16)22(29)32-2)15-9-18(26)17(25)8-14(15)10-24/h3-9,20H,10-12H2,1-2H3. The highest BCUT2D eigenvalue weighted by atomic mass is 35.5. The Hall–Kier alpha value is -2.74. The number of carbonyl (C=O) groups excluding carboxylic acids is 3. The molecule has 174 valence electrons. The molecule has 0 saturated carbocycles. The first-order valence-electron chi connectivity index (χ1n) is 9.73. The number of amides is 1. The third kappa shape index (κ3) is 5.27. The van der Waals surface area contributed by atoms with Crippen LogP contribution in [-0.2, 0) is 36.3 Å². The van der Waals surface area contributed by atoms with E-state index in [0.717, 1.165) is 5.56 Å². The summed E-state index contributed by atoms with van der Waals surface area (Å²) in [5.74, 6) is -1.56. The Labute approximate surface area is 205 Å². The molecule has 0 aromatic heterocycles. The van der Waals surface area contributed by atoms with Crippen molar-refractivity contribution in [3.8, 4) is 0 Å². The summed E-state index contributed by atoms with van der Waals surface area (Å²) < 4.78 is 15.2. The molecule has 2 aromatic rings. The number of methoxy groups -OCH3 is 2. The molecular weight excluding hydrogens is 493 g/mol. The average Bonchev–Trinajstić information content (AvgIpc) is 3.24. The Kier molecular flexibility index (Phi) is 8.24. The summed E-state index contributed by atoms with van der Waals surface area (Å²) in [5.41, 5.74) is 1.61. The number of esters is 2. The van der Waals surface area contributed by atoms with Gasteiger partial charge in [0.25, 0.3) is 0 Å². The fourth-order valence-electron chi connectivity index (χ4n) is 3.58. The molecule has 3 rings (SSSR count). The van der Waals surface area contributed by atoms with Gasteiger partial charge in [0.05, 0.1) is 48.0 Å². The van der Waals surface area contributed by atoms with Crippen molar-refractivity contribution in [2.75, 3.05) is 20.8 Å². The number of hydrogen-bond donors (Lipinski definition) is 0. The van der Waals surface area contributed by atoms with Gasteiger partial charge in [-0.2, -0.15) is 0 Å². The van der Waals surface area contributed by atoms with E-state index in [2.05, 4.69) is 0 Å². The highest BCUT2D eigenvalue weighted by molar-refractivity contribution is 6.42. The van der Waals surface area contributed by atoms with Gasteiger partial charge in [-0.05, 0) is 28.8 Å². The summed E-state index contributed by atoms with van der Waals surface area (Å²) in [6, 6.07) is 11.1. The molecule has 0 saturated heterocycles. The van der Waals surface area contributed by atoms with Crippen LogP contribution in [0.2, 0.25) is 10.0 Å². The molecule has 2 aromatic carbocycles. The maximum absolute atomic E-state index is 13.1. The van der Waals surface area contributed by atoms with Gasteiger partial charge < -0.3 is 14.2 Å². The maximum atomic E-state index is 13.1. The third-order valence-electron chi connectivity index (χ3n) is 5.14. The molecule has 1 amide bonds. The van der Waals surface area contributed by atoms with E-state index in [4.69, 9.17) is 49.0 Å². The van der Waals surface area contributed by atoms with Crippen molar-refractivity contribution >= 4 is 52.8 Å². The van der Waals surface area contributed by atoms with Crippen LogP contribution in [0.5, 0.6) is 0 Å².